The number of hydrogen-bond donors (Lipinski definition) is 1. The van der Waals surface area contributed by atoms with Gasteiger partial charge in [0.1, 0.15) is 18.1 Å². The van der Waals surface area contributed by atoms with Crippen LogP contribution in [0.2, 0.25) is 0 Å². The second-order valence-corrected chi connectivity index (χ2v) is 5.10. The number of aryl methyl sites for hydroxylation is 1. The van der Waals surface area contributed by atoms with Crippen molar-refractivity contribution in [3.8, 4) is 0 Å². The average molecular weight is 265 g/mol. The zero-order valence-corrected chi connectivity index (χ0v) is 11.3. The van der Waals surface area contributed by atoms with Crippen molar-refractivity contribution in [1.82, 2.24) is 4.90 Å². The molecule has 2 rings (SSSR count). The minimum absolute atomic E-state index is 0.251. The first-order chi connectivity index (χ1) is 9.02. The molecular weight excluding hydrogens is 246 g/mol. The van der Waals surface area contributed by atoms with Crippen molar-refractivity contribution in [1.29, 1.82) is 0 Å². The van der Waals surface area contributed by atoms with Gasteiger partial charge in [-0.15, -0.1) is 0 Å². The van der Waals surface area contributed by atoms with E-state index in [1.54, 1.807) is 13.0 Å². The van der Waals surface area contributed by atoms with Crippen LogP contribution in [-0.2, 0) is 4.79 Å². The summed E-state index contributed by atoms with van der Waals surface area (Å²) in [5.74, 6) is -0.138. The van der Waals surface area contributed by atoms with Gasteiger partial charge in [0.05, 0.1) is 5.56 Å². The number of rotatable bonds is 3. The molecule has 0 radical (unpaired) electrons. The van der Waals surface area contributed by atoms with Crippen LogP contribution in [0.5, 0.6) is 0 Å². The van der Waals surface area contributed by atoms with E-state index < -0.39 is 12.0 Å². The molecule has 1 amide bonds. The number of amides is 1. The fourth-order valence-corrected chi connectivity index (χ4v) is 2.61. The van der Waals surface area contributed by atoms with E-state index in [4.69, 9.17) is 4.42 Å². The summed E-state index contributed by atoms with van der Waals surface area (Å²) in [7, 11) is 0. The molecule has 2 atom stereocenters. The quantitative estimate of drug-likeness (QED) is 0.910. The molecule has 0 spiro atoms. The van der Waals surface area contributed by atoms with Crippen molar-refractivity contribution < 1.29 is 19.1 Å². The Morgan fingerprint density at radius 1 is 1.53 bits per heavy atom. The normalized spacial score (nSPS) is 23.4. The molecule has 1 aliphatic heterocycles. The van der Waals surface area contributed by atoms with Crippen LogP contribution in [0.1, 0.15) is 42.3 Å². The Morgan fingerprint density at radius 3 is 2.79 bits per heavy atom. The van der Waals surface area contributed by atoms with Crippen molar-refractivity contribution in [2.24, 2.45) is 5.92 Å². The lowest BCUT2D eigenvalue weighted by Crippen LogP contribution is -2.50. The Labute approximate surface area is 112 Å². The summed E-state index contributed by atoms with van der Waals surface area (Å²) in [6.45, 7) is 4.31. The largest absolute Gasteiger partial charge is 0.480 e. The topological polar surface area (TPSA) is 70.8 Å². The number of nitrogens with zero attached hydrogens (tertiary/aromatic N) is 1. The molecule has 0 aliphatic carbocycles. The van der Waals surface area contributed by atoms with Crippen molar-refractivity contribution in [2.45, 2.75) is 39.2 Å². The van der Waals surface area contributed by atoms with Gasteiger partial charge in [0.25, 0.3) is 5.91 Å². The van der Waals surface area contributed by atoms with Crippen LogP contribution in [0.3, 0.4) is 0 Å². The first-order valence-corrected chi connectivity index (χ1v) is 6.61. The number of hydrogen-bond acceptors (Lipinski definition) is 3. The van der Waals surface area contributed by atoms with Crippen LogP contribution in [0, 0.1) is 12.8 Å². The van der Waals surface area contributed by atoms with E-state index in [0.717, 1.165) is 12.8 Å². The zero-order chi connectivity index (χ0) is 14.0. The highest BCUT2D eigenvalue weighted by atomic mass is 16.4. The van der Waals surface area contributed by atoms with Crippen molar-refractivity contribution in [3.63, 3.8) is 0 Å². The average Bonchev–Trinajstić information content (AvgIpc) is 2.83. The smallest absolute Gasteiger partial charge is 0.326 e. The monoisotopic (exact) mass is 265 g/mol. The summed E-state index contributed by atoms with van der Waals surface area (Å²) in [5.41, 5.74) is 0.429. The molecule has 1 aromatic heterocycles. The molecule has 19 heavy (non-hydrogen) atoms. The SMILES string of the molecule is CCC1CCN(C(=O)c2coc(C)c2)C(C(=O)O)C1. The molecule has 1 N–H and O–H groups in total. The van der Waals surface area contributed by atoms with Gasteiger partial charge >= 0.3 is 5.97 Å². The molecule has 2 unspecified atom stereocenters. The van der Waals surface area contributed by atoms with Gasteiger partial charge in [-0.25, -0.2) is 4.79 Å². The number of carbonyl (C=O) groups excluding carboxylic acids is 1. The molecule has 1 aromatic rings. The molecule has 1 aliphatic rings. The summed E-state index contributed by atoms with van der Waals surface area (Å²) in [6.07, 6.45) is 3.75. The van der Waals surface area contributed by atoms with Crippen molar-refractivity contribution in [3.05, 3.63) is 23.7 Å². The molecule has 2 heterocycles. The Hall–Kier alpha value is -1.78. The van der Waals surface area contributed by atoms with E-state index in [9.17, 15) is 14.7 Å². The maximum absolute atomic E-state index is 12.3. The number of furan rings is 1. The third-order valence-corrected chi connectivity index (χ3v) is 3.81. The number of likely N-dealkylation sites (tertiary alicyclic amines) is 1. The van der Waals surface area contributed by atoms with E-state index in [1.807, 2.05) is 0 Å². The molecule has 104 valence electrons. The highest BCUT2D eigenvalue weighted by Gasteiger charge is 2.36. The second-order valence-electron chi connectivity index (χ2n) is 5.10. The molecule has 1 saturated heterocycles. The van der Waals surface area contributed by atoms with E-state index in [2.05, 4.69) is 6.92 Å². The van der Waals surface area contributed by atoms with Crippen molar-refractivity contribution >= 4 is 11.9 Å². The maximum atomic E-state index is 12.3. The third-order valence-electron chi connectivity index (χ3n) is 3.81. The van der Waals surface area contributed by atoms with Crippen LogP contribution in [0.25, 0.3) is 0 Å². The van der Waals surface area contributed by atoms with Gasteiger partial charge in [-0.2, -0.15) is 0 Å². The molecule has 0 saturated carbocycles. The molecule has 1 fully saturated rings. The molecule has 0 aromatic carbocycles. The highest BCUT2D eigenvalue weighted by Crippen LogP contribution is 2.27. The predicted octanol–water partition coefficient (Wildman–Crippen LogP) is 2.30. The van der Waals surface area contributed by atoms with Crippen LogP contribution in [-0.4, -0.2) is 34.5 Å². The lowest BCUT2D eigenvalue weighted by Gasteiger charge is -2.36. The van der Waals surface area contributed by atoms with E-state index in [-0.39, 0.29) is 5.91 Å². The summed E-state index contributed by atoms with van der Waals surface area (Å²) >= 11 is 0. The standard InChI is InChI=1S/C14H19NO4/c1-3-10-4-5-15(12(7-10)14(17)18)13(16)11-6-9(2)19-8-11/h6,8,10,12H,3-5,7H2,1-2H3,(H,17,18). The Bertz CT molecular complexity index is 480. The number of aliphatic carboxylic acids is 1. The number of carbonyl (C=O) groups is 2. The molecular formula is C14H19NO4. The van der Waals surface area contributed by atoms with Gasteiger partial charge in [0, 0.05) is 6.54 Å². The van der Waals surface area contributed by atoms with Gasteiger partial charge in [-0.3, -0.25) is 4.79 Å². The van der Waals surface area contributed by atoms with Crippen LogP contribution in [0.15, 0.2) is 16.7 Å². The van der Waals surface area contributed by atoms with Crippen molar-refractivity contribution in [2.75, 3.05) is 6.54 Å². The zero-order valence-electron chi connectivity index (χ0n) is 11.3. The summed E-state index contributed by atoms with van der Waals surface area (Å²) in [4.78, 5) is 25.1. The van der Waals surface area contributed by atoms with E-state index >= 15 is 0 Å². The molecule has 5 nitrogen and oxygen atoms in total. The Balaban J connectivity index is 2.17. The Kier molecular flexibility index (Phi) is 3.93. The van der Waals surface area contributed by atoms with Gasteiger partial charge in [-0.05, 0) is 31.7 Å². The minimum Gasteiger partial charge on any atom is -0.480 e. The lowest BCUT2D eigenvalue weighted by atomic mass is 9.88. The van der Waals surface area contributed by atoms with Crippen LogP contribution in [0.4, 0.5) is 0 Å². The number of carboxylic acids is 1. The van der Waals surface area contributed by atoms with E-state index in [0.29, 0.717) is 30.2 Å². The highest BCUT2D eigenvalue weighted by molar-refractivity contribution is 5.96. The van der Waals surface area contributed by atoms with Gasteiger partial charge in [0.2, 0.25) is 0 Å². The Morgan fingerprint density at radius 2 is 2.26 bits per heavy atom. The van der Waals surface area contributed by atoms with Gasteiger partial charge < -0.3 is 14.4 Å². The van der Waals surface area contributed by atoms with E-state index in [1.165, 1.54) is 11.2 Å². The molecule has 0 bridgehead atoms. The second kappa shape index (κ2) is 5.47. The fourth-order valence-electron chi connectivity index (χ4n) is 2.61. The lowest BCUT2D eigenvalue weighted by molar-refractivity contribution is -0.144. The first kappa shape index (κ1) is 13.6. The summed E-state index contributed by atoms with van der Waals surface area (Å²) in [5, 5.41) is 9.31. The number of piperidine rings is 1. The number of carboxylic acid groups (broad SMARTS) is 1. The maximum Gasteiger partial charge on any atom is 0.326 e. The van der Waals surface area contributed by atoms with Gasteiger partial charge in [0.15, 0.2) is 0 Å². The fraction of sp³-hybridized carbons (Fsp3) is 0.571. The third kappa shape index (κ3) is 2.80. The summed E-state index contributed by atoms with van der Waals surface area (Å²) < 4.78 is 5.12. The van der Waals surface area contributed by atoms with Crippen LogP contribution >= 0.6 is 0 Å². The predicted molar refractivity (Wildman–Crippen MR) is 68.9 cm³/mol. The summed E-state index contributed by atoms with van der Waals surface area (Å²) in [6, 6.07) is 0.925. The first-order valence-electron chi connectivity index (χ1n) is 6.61. The molecule has 5 heteroatoms. The van der Waals surface area contributed by atoms with Gasteiger partial charge in [-0.1, -0.05) is 13.3 Å². The minimum atomic E-state index is -0.924. The van der Waals surface area contributed by atoms with Crippen LogP contribution < -0.4 is 0 Å².